The summed E-state index contributed by atoms with van der Waals surface area (Å²) in [5.41, 5.74) is 0.826. The number of aliphatic hydroxyl groups excluding tert-OH is 2. The Bertz CT molecular complexity index is 876. The fourth-order valence-electron chi connectivity index (χ4n) is 3.82. The summed E-state index contributed by atoms with van der Waals surface area (Å²) in [7, 11) is 0. The molecule has 0 aromatic heterocycles. The Morgan fingerprint density at radius 3 is 1.22 bits per heavy atom. The van der Waals surface area contributed by atoms with Gasteiger partial charge in [-0.2, -0.15) is 0 Å². The summed E-state index contributed by atoms with van der Waals surface area (Å²) in [6.07, 6.45) is -2.13. The summed E-state index contributed by atoms with van der Waals surface area (Å²) >= 11 is 0. The van der Waals surface area contributed by atoms with Crippen LogP contribution in [-0.2, 0) is 12.8 Å². The second-order valence-electron chi connectivity index (χ2n) is 11.3. The van der Waals surface area contributed by atoms with Gasteiger partial charge in [0, 0.05) is 11.1 Å². The molecule has 2 unspecified atom stereocenters. The molecular weight excluding hydrogens is 456 g/mol. The zero-order chi connectivity index (χ0) is 26.9. The third-order valence-corrected chi connectivity index (χ3v) is 5.38. The highest BCUT2D eigenvalue weighted by molar-refractivity contribution is 5.75. The number of hydrogen-bond donors (Lipinski definition) is 6. The van der Waals surface area contributed by atoms with Gasteiger partial charge in [-0.15, -0.1) is 0 Å². The molecule has 6 N–H and O–H groups in total. The van der Waals surface area contributed by atoms with E-state index in [0.717, 1.165) is 11.1 Å². The maximum Gasteiger partial charge on any atom is 0.315 e. The summed E-state index contributed by atoms with van der Waals surface area (Å²) in [5, 5.41) is 33.9. The number of carbonyl (C=O) groups is 2. The lowest BCUT2D eigenvalue weighted by Crippen LogP contribution is -2.61. The van der Waals surface area contributed by atoms with Gasteiger partial charge in [0.25, 0.3) is 0 Å². The van der Waals surface area contributed by atoms with E-state index in [4.69, 9.17) is 0 Å². The van der Waals surface area contributed by atoms with Gasteiger partial charge in [0.2, 0.25) is 0 Å². The number of carbonyl (C=O) groups excluding carboxylic acids is 2. The number of amides is 4. The van der Waals surface area contributed by atoms with Crippen molar-refractivity contribution in [1.82, 2.24) is 21.3 Å². The molecule has 36 heavy (non-hydrogen) atoms. The van der Waals surface area contributed by atoms with Crippen LogP contribution < -0.4 is 21.3 Å². The second-order valence-corrected chi connectivity index (χ2v) is 11.3. The molecule has 4 atom stereocenters. The van der Waals surface area contributed by atoms with Crippen molar-refractivity contribution in [2.75, 3.05) is 0 Å². The topological polar surface area (TPSA) is 123 Å². The van der Waals surface area contributed by atoms with E-state index >= 15 is 0 Å². The number of aliphatic hydroxyl groups is 2. The molecule has 2 aromatic rings. The Balaban J connectivity index is 2.29. The Hall–Kier alpha value is -3.10. The van der Waals surface area contributed by atoms with Crippen molar-refractivity contribution in [2.45, 2.75) is 89.8 Å². The van der Waals surface area contributed by atoms with Crippen molar-refractivity contribution < 1.29 is 19.8 Å². The van der Waals surface area contributed by atoms with E-state index in [1.807, 2.05) is 102 Å². The van der Waals surface area contributed by atoms with E-state index in [0.29, 0.717) is 12.8 Å². The van der Waals surface area contributed by atoms with Gasteiger partial charge >= 0.3 is 12.1 Å². The Morgan fingerprint density at radius 2 is 0.944 bits per heavy atom. The molecule has 8 nitrogen and oxygen atoms in total. The van der Waals surface area contributed by atoms with Crippen molar-refractivity contribution in [3.8, 4) is 0 Å². The molecule has 198 valence electrons. The molecular formula is C28H42N4O4. The van der Waals surface area contributed by atoms with Gasteiger partial charge in [0.1, 0.15) is 12.2 Å². The fraction of sp³-hybridized carbons (Fsp3) is 0.500. The van der Waals surface area contributed by atoms with Crippen LogP contribution in [0.5, 0.6) is 0 Å². The first-order valence-electron chi connectivity index (χ1n) is 12.3. The lowest BCUT2D eigenvalue weighted by molar-refractivity contribution is -0.0199. The van der Waals surface area contributed by atoms with Crippen LogP contribution in [0.3, 0.4) is 0 Å². The zero-order valence-corrected chi connectivity index (χ0v) is 22.2. The van der Waals surface area contributed by atoms with Crippen LogP contribution in [0.4, 0.5) is 9.59 Å². The average molecular weight is 499 g/mol. The molecule has 8 heteroatoms. The lowest BCUT2D eigenvalue weighted by atomic mass is 9.91. The number of hydrogen-bond acceptors (Lipinski definition) is 4. The standard InChI is InChI=1S/C28H42N4O4/c1-27(2,3)31-25(35)29-21(17-19-13-9-7-10-14-19)23(33)24(34)22(18-20-15-11-8-12-16-20)30-26(36)32-28(4,5)6/h7-16,21-24,33-34H,17-18H2,1-6H3,(H2,29,31,35)(H2,30,32,36)/t21-,22-,23?,24?/m0/s1. The predicted octanol–water partition coefficient (Wildman–Crippen LogP) is 3.13. The third-order valence-electron chi connectivity index (χ3n) is 5.38. The van der Waals surface area contributed by atoms with Crippen LogP contribution in [-0.4, -0.2) is 57.6 Å². The second kappa shape index (κ2) is 12.7. The van der Waals surface area contributed by atoms with Crippen molar-refractivity contribution in [1.29, 1.82) is 0 Å². The number of rotatable bonds is 9. The molecule has 0 bridgehead atoms. The Labute approximate surface area is 214 Å². The largest absolute Gasteiger partial charge is 0.388 e. The van der Waals surface area contributed by atoms with Crippen LogP contribution in [0, 0.1) is 0 Å². The van der Waals surface area contributed by atoms with Crippen molar-refractivity contribution in [2.24, 2.45) is 0 Å². The molecule has 0 aliphatic carbocycles. The molecule has 2 aromatic carbocycles. The third kappa shape index (κ3) is 10.7. The first kappa shape index (κ1) is 29.1. The van der Waals surface area contributed by atoms with Crippen LogP contribution in [0.1, 0.15) is 52.7 Å². The molecule has 0 saturated carbocycles. The van der Waals surface area contributed by atoms with E-state index in [-0.39, 0.29) is 0 Å². The molecule has 0 fully saturated rings. The molecule has 0 aliphatic heterocycles. The average Bonchev–Trinajstić information content (AvgIpc) is 2.76. The van der Waals surface area contributed by atoms with Crippen LogP contribution in [0.15, 0.2) is 60.7 Å². The minimum Gasteiger partial charge on any atom is -0.388 e. The molecule has 0 aliphatic rings. The first-order chi connectivity index (χ1) is 16.7. The lowest BCUT2D eigenvalue weighted by Gasteiger charge is -2.34. The molecule has 0 heterocycles. The number of benzene rings is 2. The van der Waals surface area contributed by atoms with Gasteiger partial charge in [-0.05, 0) is 65.5 Å². The highest BCUT2D eigenvalue weighted by atomic mass is 16.3. The molecule has 2 rings (SSSR count). The number of urea groups is 2. The molecule has 0 spiro atoms. The summed E-state index contributed by atoms with van der Waals surface area (Å²) in [6.45, 7) is 11.2. The minimum atomic E-state index is -1.36. The summed E-state index contributed by atoms with van der Waals surface area (Å²) in [4.78, 5) is 25.4. The molecule has 0 radical (unpaired) electrons. The highest BCUT2D eigenvalue weighted by Crippen LogP contribution is 2.15. The highest BCUT2D eigenvalue weighted by Gasteiger charge is 2.35. The molecule has 0 saturated heterocycles. The van der Waals surface area contributed by atoms with Gasteiger partial charge < -0.3 is 31.5 Å². The zero-order valence-electron chi connectivity index (χ0n) is 22.2. The van der Waals surface area contributed by atoms with E-state index in [9.17, 15) is 19.8 Å². The van der Waals surface area contributed by atoms with Crippen molar-refractivity contribution >= 4 is 12.1 Å². The van der Waals surface area contributed by atoms with Crippen molar-refractivity contribution in [3.63, 3.8) is 0 Å². The van der Waals surface area contributed by atoms with E-state index in [1.54, 1.807) is 0 Å². The van der Waals surface area contributed by atoms with E-state index in [2.05, 4.69) is 21.3 Å². The minimum absolute atomic E-state index is 0.295. The quantitative estimate of drug-likeness (QED) is 0.318. The summed E-state index contributed by atoms with van der Waals surface area (Å²) in [6, 6.07) is 16.3. The fourth-order valence-corrected chi connectivity index (χ4v) is 3.82. The van der Waals surface area contributed by atoms with E-state index in [1.165, 1.54) is 0 Å². The van der Waals surface area contributed by atoms with Crippen LogP contribution in [0.2, 0.25) is 0 Å². The summed E-state index contributed by atoms with van der Waals surface area (Å²) in [5.74, 6) is 0. The maximum atomic E-state index is 12.7. The number of nitrogens with one attached hydrogen (secondary N) is 4. The maximum absolute atomic E-state index is 12.7. The van der Waals surface area contributed by atoms with Gasteiger partial charge in [-0.1, -0.05) is 60.7 Å². The summed E-state index contributed by atoms with van der Waals surface area (Å²) < 4.78 is 0. The monoisotopic (exact) mass is 498 g/mol. The normalized spacial score (nSPS) is 15.2. The van der Waals surface area contributed by atoms with E-state index < -0.39 is 47.4 Å². The Kier molecular flexibility index (Phi) is 10.3. The van der Waals surface area contributed by atoms with Gasteiger partial charge in [-0.25, -0.2) is 9.59 Å². The SMILES string of the molecule is CC(C)(C)NC(=O)N[C@@H](Cc1ccccc1)C(O)C(O)[C@H](Cc1ccccc1)NC(=O)NC(C)(C)C. The molecule has 4 amide bonds. The predicted molar refractivity (Wildman–Crippen MR) is 143 cm³/mol. The van der Waals surface area contributed by atoms with Crippen molar-refractivity contribution in [3.05, 3.63) is 71.8 Å². The van der Waals surface area contributed by atoms with Gasteiger partial charge in [0.15, 0.2) is 0 Å². The van der Waals surface area contributed by atoms with Crippen LogP contribution in [0.25, 0.3) is 0 Å². The van der Waals surface area contributed by atoms with Gasteiger partial charge in [0.05, 0.1) is 12.1 Å². The van der Waals surface area contributed by atoms with Crippen LogP contribution >= 0.6 is 0 Å². The Morgan fingerprint density at radius 1 is 0.639 bits per heavy atom. The smallest absolute Gasteiger partial charge is 0.315 e. The van der Waals surface area contributed by atoms with Gasteiger partial charge in [-0.3, -0.25) is 0 Å². The first-order valence-corrected chi connectivity index (χ1v) is 12.3.